The van der Waals surface area contributed by atoms with Gasteiger partial charge in [0.05, 0.1) is 11.4 Å². The van der Waals surface area contributed by atoms with Crippen molar-refractivity contribution < 1.29 is 9.90 Å². The normalized spacial score (nSPS) is 12.7. The molecule has 0 aliphatic rings. The largest absolute Gasteiger partial charge is 0.396 e. The molecule has 25 heavy (non-hydrogen) atoms. The van der Waals surface area contributed by atoms with Crippen LogP contribution >= 0.6 is 0 Å². The van der Waals surface area contributed by atoms with Crippen LogP contribution in [0.5, 0.6) is 0 Å². The summed E-state index contributed by atoms with van der Waals surface area (Å²) in [6.07, 6.45) is 0.511. The second-order valence-corrected chi connectivity index (χ2v) is 7.33. The molecule has 3 N–H and O–H groups in total. The Morgan fingerprint density at radius 1 is 1.28 bits per heavy atom. The second kappa shape index (κ2) is 7.70. The lowest BCUT2D eigenvalue weighted by atomic mass is 9.90. The summed E-state index contributed by atoms with van der Waals surface area (Å²) in [5, 5.41) is 19.5. The van der Waals surface area contributed by atoms with Crippen LogP contribution in [0.4, 0.5) is 10.6 Å². The molecule has 1 heterocycles. The first-order valence-corrected chi connectivity index (χ1v) is 8.58. The highest BCUT2D eigenvalue weighted by Gasteiger charge is 2.26. The highest BCUT2D eigenvalue weighted by atomic mass is 16.3. The predicted octanol–water partition coefficient (Wildman–Crippen LogP) is 3.37. The molecule has 0 saturated carbocycles. The number of carbonyl (C=O) groups excluding carboxylic acids is 1. The maximum atomic E-state index is 12.3. The summed E-state index contributed by atoms with van der Waals surface area (Å²) in [5.41, 5.74) is 2.64. The molecule has 0 spiro atoms. The van der Waals surface area contributed by atoms with Crippen molar-refractivity contribution in [3.05, 3.63) is 41.6 Å². The lowest BCUT2D eigenvalue weighted by Crippen LogP contribution is -2.37. The van der Waals surface area contributed by atoms with E-state index in [1.165, 1.54) is 0 Å². The number of anilines is 1. The van der Waals surface area contributed by atoms with E-state index in [4.69, 9.17) is 10.2 Å². The number of nitrogens with zero attached hydrogens (tertiary/aromatic N) is 2. The van der Waals surface area contributed by atoms with Crippen LogP contribution in [-0.4, -0.2) is 33.6 Å². The fourth-order valence-corrected chi connectivity index (χ4v) is 2.74. The molecule has 6 nitrogen and oxygen atoms in total. The van der Waals surface area contributed by atoms with Crippen molar-refractivity contribution in [2.45, 2.75) is 52.5 Å². The zero-order valence-corrected chi connectivity index (χ0v) is 15.6. The Hall–Kier alpha value is -2.34. The molecule has 2 rings (SSSR count). The van der Waals surface area contributed by atoms with E-state index in [0.717, 1.165) is 16.9 Å². The Bertz CT molecular complexity index is 717. The number of aromatic nitrogens is 2. The third kappa shape index (κ3) is 4.60. The summed E-state index contributed by atoms with van der Waals surface area (Å²) in [4.78, 5) is 12.3. The zero-order valence-electron chi connectivity index (χ0n) is 15.6. The van der Waals surface area contributed by atoms with Crippen LogP contribution in [0.2, 0.25) is 0 Å². The number of hydrogen-bond donors (Lipinski definition) is 3. The number of hydrogen-bond acceptors (Lipinski definition) is 3. The van der Waals surface area contributed by atoms with Crippen molar-refractivity contribution in [2.24, 2.45) is 0 Å². The van der Waals surface area contributed by atoms with E-state index in [2.05, 4.69) is 31.4 Å². The molecule has 0 unspecified atom stereocenters. The minimum atomic E-state index is -0.304. The number of aliphatic hydroxyl groups is 1. The summed E-state index contributed by atoms with van der Waals surface area (Å²) in [6.45, 7) is 10.2. The van der Waals surface area contributed by atoms with Crippen LogP contribution in [0.1, 0.15) is 45.4 Å². The maximum absolute atomic E-state index is 12.3. The van der Waals surface area contributed by atoms with Crippen molar-refractivity contribution in [2.75, 3.05) is 11.9 Å². The van der Waals surface area contributed by atoms with Gasteiger partial charge in [0, 0.05) is 23.6 Å². The fraction of sp³-hybridized carbons (Fsp3) is 0.474. The lowest BCUT2D eigenvalue weighted by Gasteiger charge is -2.16. The van der Waals surface area contributed by atoms with Crippen LogP contribution < -0.4 is 10.6 Å². The Balaban J connectivity index is 2.38. The SMILES string of the molecule is Cc1c(C(C)(C)C)nn(-c2ccccc2)c1NC(=O)N[C@H](C)CCO. The molecule has 2 aromatic rings. The average molecular weight is 344 g/mol. The van der Waals surface area contributed by atoms with Crippen molar-refractivity contribution in [1.82, 2.24) is 15.1 Å². The standard InChI is InChI=1S/C19H28N4O2/c1-13(11-12-24)20-18(25)21-17-14(2)16(19(3,4)5)22-23(17)15-9-7-6-8-10-15/h6-10,13,24H,11-12H2,1-5H3,(H2,20,21,25)/t13-/m1/s1. The zero-order chi connectivity index (χ0) is 18.6. The van der Waals surface area contributed by atoms with E-state index < -0.39 is 0 Å². The number of aliphatic hydroxyl groups excluding tert-OH is 1. The third-order valence-corrected chi connectivity index (χ3v) is 4.00. The van der Waals surface area contributed by atoms with Gasteiger partial charge in [-0.05, 0) is 32.4 Å². The lowest BCUT2D eigenvalue weighted by molar-refractivity contribution is 0.241. The molecular formula is C19H28N4O2. The minimum Gasteiger partial charge on any atom is -0.396 e. The quantitative estimate of drug-likeness (QED) is 0.778. The fourth-order valence-electron chi connectivity index (χ4n) is 2.74. The van der Waals surface area contributed by atoms with Gasteiger partial charge < -0.3 is 10.4 Å². The van der Waals surface area contributed by atoms with E-state index in [1.807, 2.05) is 44.2 Å². The van der Waals surface area contributed by atoms with E-state index in [1.54, 1.807) is 4.68 Å². The predicted molar refractivity (Wildman–Crippen MR) is 100 cm³/mol. The average Bonchev–Trinajstić information content (AvgIpc) is 2.85. The third-order valence-electron chi connectivity index (χ3n) is 4.00. The molecule has 1 atom stereocenters. The molecule has 6 heteroatoms. The molecule has 0 radical (unpaired) electrons. The van der Waals surface area contributed by atoms with Crippen molar-refractivity contribution >= 4 is 11.8 Å². The van der Waals surface area contributed by atoms with Gasteiger partial charge in [0.1, 0.15) is 5.82 Å². The highest BCUT2D eigenvalue weighted by molar-refractivity contribution is 5.89. The number of para-hydroxylation sites is 1. The van der Waals surface area contributed by atoms with E-state index in [-0.39, 0.29) is 24.1 Å². The summed E-state index contributed by atoms with van der Waals surface area (Å²) in [7, 11) is 0. The smallest absolute Gasteiger partial charge is 0.320 e. The van der Waals surface area contributed by atoms with Gasteiger partial charge >= 0.3 is 6.03 Å². The minimum absolute atomic E-state index is 0.0383. The molecule has 2 amide bonds. The topological polar surface area (TPSA) is 79.2 Å². The second-order valence-electron chi connectivity index (χ2n) is 7.33. The molecule has 0 saturated heterocycles. The van der Waals surface area contributed by atoms with E-state index >= 15 is 0 Å². The van der Waals surface area contributed by atoms with Crippen LogP contribution in [0.25, 0.3) is 5.69 Å². The first kappa shape index (κ1) is 19.0. The van der Waals surface area contributed by atoms with Crippen LogP contribution in [-0.2, 0) is 5.41 Å². The highest BCUT2D eigenvalue weighted by Crippen LogP contribution is 2.31. The molecule has 0 aliphatic carbocycles. The van der Waals surface area contributed by atoms with Gasteiger partial charge in [-0.3, -0.25) is 5.32 Å². The van der Waals surface area contributed by atoms with Crippen molar-refractivity contribution in [3.8, 4) is 5.69 Å². The van der Waals surface area contributed by atoms with Crippen LogP contribution in [0, 0.1) is 6.92 Å². The van der Waals surface area contributed by atoms with Gasteiger partial charge in [0.25, 0.3) is 0 Å². The summed E-state index contributed by atoms with van der Waals surface area (Å²) >= 11 is 0. The Morgan fingerprint density at radius 2 is 1.92 bits per heavy atom. The van der Waals surface area contributed by atoms with Gasteiger partial charge in [-0.25, -0.2) is 9.48 Å². The van der Waals surface area contributed by atoms with Gasteiger partial charge in [-0.2, -0.15) is 5.10 Å². The summed E-state index contributed by atoms with van der Waals surface area (Å²) in [6, 6.07) is 9.32. The monoisotopic (exact) mass is 344 g/mol. The molecule has 136 valence electrons. The van der Waals surface area contributed by atoms with E-state index in [0.29, 0.717) is 12.2 Å². The molecule has 0 fully saturated rings. The number of nitrogens with one attached hydrogen (secondary N) is 2. The first-order chi connectivity index (χ1) is 11.7. The first-order valence-electron chi connectivity index (χ1n) is 8.58. The number of urea groups is 1. The molecule has 1 aromatic heterocycles. The van der Waals surface area contributed by atoms with Gasteiger partial charge in [-0.15, -0.1) is 0 Å². The van der Waals surface area contributed by atoms with Crippen molar-refractivity contribution in [3.63, 3.8) is 0 Å². The Morgan fingerprint density at radius 3 is 2.48 bits per heavy atom. The van der Waals surface area contributed by atoms with Gasteiger partial charge in [0.15, 0.2) is 0 Å². The maximum Gasteiger partial charge on any atom is 0.320 e. The van der Waals surface area contributed by atoms with Gasteiger partial charge in [-0.1, -0.05) is 39.0 Å². The summed E-state index contributed by atoms with van der Waals surface area (Å²) in [5.74, 6) is 0.657. The Labute approximate surface area is 149 Å². The summed E-state index contributed by atoms with van der Waals surface area (Å²) < 4.78 is 1.77. The van der Waals surface area contributed by atoms with Crippen LogP contribution in [0.3, 0.4) is 0 Å². The number of amides is 2. The van der Waals surface area contributed by atoms with Gasteiger partial charge in [0.2, 0.25) is 0 Å². The van der Waals surface area contributed by atoms with Crippen LogP contribution in [0.15, 0.2) is 30.3 Å². The number of rotatable bonds is 5. The van der Waals surface area contributed by atoms with E-state index in [9.17, 15) is 4.79 Å². The molecule has 1 aromatic carbocycles. The molecular weight excluding hydrogens is 316 g/mol. The Kier molecular flexibility index (Phi) is 5.85. The number of benzene rings is 1. The molecule has 0 bridgehead atoms. The molecule has 0 aliphatic heterocycles. The number of carbonyl (C=O) groups is 1. The van der Waals surface area contributed by atoms with Crippen molar-refractivity contribution in [1.29, 1.82) is 0 Å².